The number of anilines is 1. The minimum atomic E-state index is -0.295. The van der Waals surface area contributed by atoms with Crippen molar-refractivity contribution >= 4 is 40.5 Å². The van der Waals surface area contributed by atoms with Crippen LogP contribution in [0.1, 0.15) is 30.6 Å². The van der Waals surface area contributed by atoms with Gasteiger partial charge >= 0.3 is 0 Å². The lowest BCUT2D eigenvalue weighted by molar-refractivity contribution is 0.0977. The summed E-state index contributed by atoms with van der Waals surface area (Å²) >= 11 is 11.0. The second kappa shape index (κ2) is 8.66. The van der Waals surface area contributed by atoms with Crippen molar-refractivity contribution in [2.45, 2.75) is 26.4 Å². The van der Waals surface area contributed by atoms with Gasteiger partial charge in [-0.05, 0) is 62.0 Å². The molecule has 0 saturated carbocycles. The number of rotatable bonds is 5. The van der Waals surface area contributed by atoms with Crippen LogP contribution in [-0.2, 0) is 0 Å². The van der Waals surface area contributed by atoms with Gasteiger partial charge in [-0.2, -0.15) is 0 Å². The number of benzene rings is 2. The third kappa shape index (κ3) is 5.51. The monoisotopic (exact) mass is 362 g/mol. The van der Waals surface area contributed by atoms with Crippen LogP contribution in [0.5, 0.6) is 5.75 Å². The molecule has 0 fully saturated rings. The van der Waals surface area contributed by atoms with Crippen molar-refractivity contribution in [1.82, 2.24) is 5.32 Å². The molecule has 1 amide bonds. The fraction of sp³-hybridized carbons (Fsp3) is 0.222. The lowest BCUT2D eigenvalue weighted by atomic mass is 10.2. The average molecular weight is 363 g/mol. The normalized spacial score (nSPS) is 11.5. The summed E-state index contributed by atoms with van der Waals surface area (Å²) in [4.78, 5) is 12.1. The van der Waals surface area contributed by atoms with E-state index in [-0.39, 0.29) is 17.1 Å². The zero-order valence-electron chi connectivity index (χ0n) is 13.5. The van der Waals surface area contributed by atoms with Crippen LogP contribution in [0.25, 0.3) is 0 Å². The van der Waals surface area contributed by atoms with E-state index >= 15 is 0 Å². The van der Waals surface area contributed by atoms with E-state index in [0.717, 1.165) is 17.9 Å². The third-order valence-electron chi connectivity index (χ3n) is 3.34. The lowest BCUT2D eigenvalue weighted by Crippen LogP contribution is -2.34. The molecule has 24 heavy (non-hydrogen) atoms. The second-order valence-electron chi connectivity index (χ2n) is 5.28. The first kappa shape index (κ1) is 18.2. The third-order valence-corrected chi connectivity index (χ3v) is 3.79. The van der Waals surface area contributed by atoms with Crippen molar-refractivity contribution in [1.29, 1.82) is 0 Å². The molecule has 1 unspecified atom stereocenters. The summed E-state index contributed by atoms with van der Waals surface area (Å²) in [6, 6.07) is 14.0. The number of hydrogen-bond acceptors (Lipinski definition) is 3. The molecule has 0 spiro atoms. The number of carbonyl (C=O) groups excluding carboxylic acids is 1. The fourth-order valence-electron chi connectivity index (χ4n) is 1.90. The van der Waals surface area contributed by atoms with Crippen LogP contribution < -0.4 is 15.4 Å². The first-order valence-corrected chi connectivity index (χ1v) is 8.41. The summed E-state index contributed by atoms with van der Waals surface area (Å²) in [6.45, 7) is 4.07. The van der Waals surface area contributed by atoms with E-state index in [2.05, 4.69) is 17.6 Å². The Morgan fingerprint density at radius 3 is 2.62 bits per heavy atom. The fourth-order valence-corrected chi connectivity index (χ4v) is 2.24. The molecule has 0 aliphatic heterocycles. The first-order chi connectivity index (χ1) is 11.5. The van der Waals surface area contributed by atoms with Crippen LogP contribution in [-0.4, -0.2) is 17.1 Å². The van der Waals surface area contributed by atoms with Gasteiger partial charge in [0.2, 0.25) is 0 Å². The molecule has 0 bridgehead atoms. The maximum Gasteiger partial charge on any atom is 0.257 e. The Morgan fingerprint density at radius 1 is 1.25 bits per heavy atom. The molecule has 2 aromatic rings. The van der Waals surface area contributed by atoms with E-state index in [0.29, 0.717) is 10.6 Å². The molecule has 126 valence electrons. The second-order valence-corrected chi connectivity index (χ2v) is 6.12. The van der Waals surface area contributed by atoms with Gasteiger partial charge in [0.15, 0.2) is 5.11 Å². The van der Waals surface area contributed by atoms with Crippen molar-refractivity contribution in [2.75, 3.05) is 5.32 Å². The summed E-state index contributed by atoms with van der Waals surface area (Å²) in [5, 5.41) is 6.40. The number of halogens is 1. The number of amides is 1. The van der Waals surface area contributed by atoms with Crippen molar-refractivity contribution in [2.24, 2.45) is 0 Å². The SMILES string of the molecule is CCC(C)Oc1cccc(NC(=S)NC(=O)c2ccc(Cl)cc2)c1. The van der Waals surface area contributed by atoms with Gasteiger partial charge in [0.05, 0.1) is 6.10 Å². The van der Waals surface area contributed by atoms with Gasteiger partial charge < -0.3 is 10.1 Å². The largest absolute Gasteiger partial charge is 0.491 e. The maximum atomic E-state index is 12.1. The number of ether oxygens (including phenoxy) is 1. The summed E-state index contributed by atoms with van der Waals surface area (Å²) in [6.07, 6.45) is 1.06. The molecule has 1 atom stereocenters. The van der Waals surface area contributed by atoms with Gasteiger partial charge in [-0.15, -0.1) is 0 Å². The summed E-state index contributed by atoms with van der Waals surface area (Å²) in [7, 11) is 0. The van der Waals surface area contributed by atoms with Gasteiger partial charge in [-0.3, -0.25) is 10.1 Å². The van der Waals surface area contributed by atoms with Crippen molar-refractivity contribution in [3.8, 4) is 5.75 Å². The predicted molar refractivity (Wildman–Crippen MR) is 102 cm³/mol. The molecule has 0 saturated heterocycles. The van der Waals surface area contributed by atoms with E-state index in [9.17, 15) is 4.79 Å². The molecule has 2 rings (SSSR count). The molecular weight excluding hydrogens is 344 g/mol. The summed E-state index contributed by atoms with van der Waals surface area (Å²) in [5.74, 6) is 0.456. The van der Waals surface area contributed by atoms with Crippen LogP contribution in [0.4, 0.5) is 5.69 Å². The highest BCUT2D eigenvalue weighted by Crippen LogP contribution is 2.19. The topological polar surface area (TPSA) is 50.4 Å². The van der Waals surface area contributed by atoms with Gasteiger partial charge in [-0.1, -0.05) is 24.6 Å². The molecule has 6 heteroatoms. The highest BCUT2D eigenvalue weighted by Gasteiger charge is 2.08. The molecule has 0 radical (unpaired) electrons. The number of thiocarbonyl (C=S) groups is 1. The van der Waals surface area contributed by atoms with Crippen molar-refractivity contribution in [3.63, 3.8) is 0 Å². The smallest absolute Gasteiger partial charge is 0.257 e. The molecule has 0 aliphatic carbocycles. The van der Waals surface area contributed by atoms with E-state index in [4.69, 9.17) is 28.6 Å². The molecule has 4 nitrogen and oxygen atoms in total. The maximum absolute atomic E-state index is 12.1. The quantitative estimate of drug-likeness (QED) is 0.760. The number of nitrogens with one attached hydrogen (secondary N) is 2. The molecule has 0 aliphatic rings. The van der Waals surface area contributed by atoms with Gasteiger partial charge in [0.1, 0.15) is 5.75 Å². The highest BCUT2D eigenvalue weighted by molar-refractivity contribution is 7.80. The Hall–Kier alpha value is -2.11. The number of hydrogen-bond donors (Lipinski definition) is 2. The molecular formula is C18H19ClN2O2S. The van der Waals surface area contributed by atoms with Crippen LogP contribution in [0, 0.1) is 0 Å². The van der Waals surface area contributed by atoms with Crippen molar-refractivity contribution < 1.29 is 9.53 Å². The Kier molecular flexibility index (Phi) is 6.58. The Balaban J connectivity index is 1.95. The van der Waals surface area contributed by atoms with Crippen LogP contribution in [0.3, 0.4) is 0 Å². The zero-order chi connectivity index (χ0) is 17.5. The standard InChI is InChI=1S/C18H19ClN2O2S/c1-3-12(2)23-16-6-4-5-15(11-16)20-18(24)21-17(22)13-7-9-14(19)10-8-13/h4-12H,3H2,1-2H3,(H2,20,21,22,24). The average Bonchev–Trinajstić information content (AvgIpc) is 2.55. The summed E-state index contributed by atoms with van der Waals surface area (Å²) < 4.78 is 5.76. The van der Waals surface area contributed by atoms with E-state index in [1.54, 1.807) is 24.3 Å². The van der Waals surface area contributed by atoms with Crippen LogP contribution in [0.2, 0.25) is 5.02 Å². The minimum Gasteiger partial charge on any atom is -0.491 e. The van der Waals surface area contributed by atoms with Gasteiger partial charge in [0, 0.05) is 22.3 Å². The molecule has 2 N–H and O–H groups in total. The van der Waals surface area contributed by atoms with Gasteiger partial charge in [0.25, 0.3) is 5.91 Å². The van der Waals surface area contributed by atoms with Crippen LogP contribution in [0.15, 0.2) is 48.5 Å². The predicted octanol–water partition coefficient (Wildman–Crippen LogP) is 4.64. The lowest BCUT2D eigenvalue weighted by Gasteiger charge is -2.14. The molecule has 0 heterocycles. The van der Waals surface area contributed by atoms with Crippen molar-refractivity contribution in [3.05, 3.63) is 59.1 Å². The Bertz CT molecular complexity index is 719. The van der Waals surface area contributed by atoms with E-state index < -0.39 is 0 Å². The molecule has 2 aromatic carbocycles. The van der Waals surface area contributed by atoms with Gasteiger partial charge in [-0.25, -0.2) is 0 Å². The van der Waals surface area contributed by atoms with E-state index in [1.165, 1.54) is 0 Å². The minimum absolute atomic E-state index is 0.136. The first-order valence-electron chi connectivity index (χ1n) is 7.62. The zero-order valence-corrected chi connectivity index (χ0v) is 15.1. The molecule has 0 aromatic heterocycles. The Labute approximate surface area is 152 Å². The van der Waals surface area contributed by atoms with E-state index in [1.807, 2.05) is 31.2 Å². The number of carbonyl (C=O) groups is 1. The summed E-state index contributed by atoms with van der Waals surface area (Å²) in [5.41, 5.74) is 1.23. The highest BCUT2D eigenvalue weighted by atomic mass is 35.5. The van der Waals surface area contributed by atoms with Crippen LogP contribution >= 0.6 is 23.8 Å². The Morgan fingerprint density at radius 2 is 1.96 bits per heavy atom.